The summed E-state index contributed by atoms with van der Waals surface area (Å²) in [5.41, 5.74) is 1.22. The van der Waals surface area contributed by atoms with Crippen molar-refractivity contribution in [2.75, 3.05) is 33.5 Å². The molecule has 1 saturated heterocycles. The van der Waals surface area contributed by atoms with Gasteiger partial charge < -0.3 is 37.9 Å². The summed E-state index contributed by atoms with van der Waals surface area (Å²) < 4.78 is 11.8. The minimum atomic E-state index is 0. The molecule has 0 spiro atoms. The van der Waals surface area contributed by atoms with Gasteiger partial charge in [-0.15, -0.1) is 0 Å². The van der Waals surface area contributed by atoms with Gasteiger partial charge in [-0.05, 0) is 49.8 Å². The Labute approximate surface area is 162 Å². The first-order valence-electron chi connectivity index (χ1n) is 8.88. The van der Waals surface area contributed by atoms with Gasteiger partial charge in [-0.3, -0.25) is 4.79 Å². The van der Waals surface area contributed by atoms with Crippen LogP contribution in [0.15, 0.2) is 18.2 Å². The van der Waals surface area contributed by atoms with E-state index >= 15 is 0 Å². The Morgan fingerprint density at radius 2 is 1.83 bits per heavy atom. The Morgan fingerprint density at radius 1 is 1.08 bits per heavy atom. The SMILES string of the molecule is C[N+]1(CCC(=O)CCCc2ccc3c(c2)OCO3)CCCCC1.[I-]. The van der Waals surface area contributed by atoms with Crippen LogP contribution in [0.1, 0.15) is 44.1 Å². The molecule has 0 amide bonds. The topological polar surface area (TPSA) is 35.5 Å². The number of likely N-dealkylation sites (tertiary alicyclic amines) is 1. The third-order valence-electron chi connectivity index (χ3n) is 5.18. The molecule has 0 unspecified atom stereocenters. The lowest BCUT2D eigenvalue weighted by Gasteiger charge is -2.37. The van der Waals surface area contributed by atoms with E-state index in [1.165, 1.54) is 37.9 Å². The van der Waals surface area contributed by atoms with Crippen LogP contribution in [-0.2, 0) is 11.2 Å². The van der Waals surface area contributed by atoms with Crippen molar-refractivity contribution in [1.82, 2.24) is 0 Å². The minimum Gasteiger partial charge on any atom is -1.00 e. The number of piperidine rings is 1. The standard InChI is InChI=1S/C19H28NO3.HI/c1-20(11-3-2-4-12-20)13-10-17(21)7-5-6-16-8-9-18-19(14-16)23-15-22-18;/h8-9,14H,2-7,10-13,15H2,1H3;1H/q+1;/p-1. The Balaban J connectivity index is 0.00000208. The highest BCUT2D eigenvalue weighted by atomic mass is 127. The largest absolute Gasteiger partial charge is 1.00 e. The van der Waals surface area contributed by atoms with E-state index in [9.17, 15) is 4.79 Å². The lowest BCUT2D eigenvalue weighted by atomic mass is 10.0. The number of nitrogens with zero attached hydrogens (tertiary/aromatic N) is 1. The number of hydrogen-bond acceptors (Lipinski definition) is 3. The molecule has 2 aliphatic heterocycles. The second-order valence-electron chi connectivity index (χ2n) is 7.18. The van der Waals surface area contributed by atoms with E-state index in [-0.39, 0.29) is 24.0 Å². The van der Waals surface area contributed by atoms with Gasteiger partial charge in [0.05, 0.1) is 33.1 Å². The first kappa shape index (κ1) is 19.5. The average molecular weight is 445 g/mol. The first-order chi connectivity index (χ1) is 11.1. The molecule has 2 heterocycles. The first-order valence-corrected chi connectivity index (χ1v) is 8.88. The van der Waals surface area contributed by atoms with Crippen LogP contribution in [0.4, 0.5) is 0 Å². The number of fused-ring (bicyclic) bond motifs is 1. The van der Waals surface area contributed by atoms with Gasteiger partial charge in [0.25, 0.3) is 0 Å². The summed E-state index contributed by atoms with van der Waals surface area (Å²) in [5, 5.41) is 0. The van der Waals surface area contributed by atoms with Crippen molar-refractivity contribution in [3.05, 3.63) is 23.8 Å². The van der Waals surface area contributed by atoms with E-state index in [4.69, 9.17) is 9.47 Å². The molecule has 0 aromatic heterocycles. The molecule has 134 valence electrons. The van der Waals surface area contributed by atoms with E-state index in [0.29, 0.717) is 19.0 Å². The normalized spacial score (nSPS) is 18.0. The Kier molecular flexibility index (Phi) is 7.34. The van der Waals surface area contributed by atoms with Gasteiger partial charge >= 0.3 is 0 Å². The molecule has 5 heteroatoms. The van der Waals surface area contributed by atoms with E-state index < -0.39 is 0 Å². The zero-order valence-corrected chi connectivity index (χ0v) is 16.7. The number of rotatable bonds is 7. The van der Waals surface area contributed by atoms with E-state index in [1.54, 1.807) is 0 Å². The van der Waals surface area contributed by atoms with Crippen LogP contribution in [0.2, 0.25) is 0 Å². The summed E-state index contributed by atoms with van der Waals surface area (Å²) in [6.07, 6.45) is 7.25. The monoisotopic (exact) mass is 445 g/mol. The molecule has 0 radical (unpaired) electrons. The fourth-order valence-electron chi connectivity index (χ4n) is 3.60. The summed E-state index contributed by atoms with van der Waals surface area (Å²) in [6.45, 7) is 3.81. The van der Waals surface area contributed by atoms with Gasteiger partial charge in [-0.2, -0.15) is 0 Å². The molecule has 2 aliphatic rings. The van der Waals surface area contributed by atoms with E-state index in [1.807, 2.05) is 12.1 Å². The molecule has 0 aliphatic carbocycles. The average Bonchev–Trinajstić information content (AvgIpc) is 3.01. The molecule has 0 bridgehead atoms. The van der Waals surface area contributed by atoms with Crippen molar-refractivity contribution < 1.29 is 42.7 Å². The summed E-state index contributed by atoms with van der Waals surface area (Å²) in [6, 6.07) is 6.06. The number of carbonyl (C=O) groups excluding carboxylic acids is 1. The Hall–Kier alpha value is -0.820. The number of quaternary nitrogens is 1. The Morgan fingerprint density at radius 3 is 2.62 bits per heavy atom. The quantitative estimate of drug-likeness (QED) is 0.449. The summed E-state index contributed by atoms with van der Waals surface area (Å²) in [5.74, 6) is 2.07. The fourth-order valence-corrected chi connectivity index (χ4v) is 3.60. The van der Waals surface area contributed by atoms with E-state index in [0.717, 1.165) is 41.8 Å². The molecule has 1 aromatic rings. The summed E-state index contributed by atoms with van der Waals surface area (Å²) in [7, 11) is 2.30. The number of carbonyl (C=O) groups is 1. The number of benzene rings is 1. The van der Waals surface area contributed by atoms with Crippen molar-refractivity contribution in [2.24, 2.45) is 0 Å². The van der Waals surface area contributed by atoms with Gasteiger partial charge in [-0.1, -0.05) is 6.07 Å². The zero-order chi connectivity index (χ0) is 16.1. The van der Waals surface area contributed by atoms with Gasteiger partial charge in [0.2, 0.25) is 6.79 Å². The zero-order valence-electron chi connectivity index (χ0n) is 14.6. The van der Waals surface area contributed by atoms with Crippen LogP contribution in [0.25, 0.3) is 0 Å². The lowest BCUT2D eigenvalue weighted by molar-refractivity contribution is -0.913. The summed E-state index contributed by atoms with van der Waals surface area (Å²) >= 11 is 0. The molecule has 1 fully saturated rings. The number of ketones is 1. The van der Waals surface area contributed by atoms with Gasteiger partial charge in [0.15, 0.2) is 11.5 Å². The second-order valence-corrected chi connectivity index (χ2v) is 7.18. The summed E-state index contributed by atoms with van der Waals surface area (Å²) in [4.78, 5) is 12.2. The lowest BCUT2D eigenvalue weighted by Crippen LogP contribution is -3.00. The Bertz CT molecular complexity index is 556. The highest BCUT2D eigenvalue weighted by molar-refractivity contribution is 5.78. The highest BCUT2D eigenvalue weighted by Gasteiger charge is 2.25. The molecule has 1 aromatic carbocycles. The predicted molar refractivity (Wildman–Crippen MR) is 89.8 cm³/mol. The molecule has 4 nitrogen and oxygen atoms in total. The maximum Gasteiger partial charge on any atom is 0.231 e. The highest BCUT2D eigenvalue weighted by Crippen LogP contribution is 2.32. The molecule has 24 heavy (non-hydrogen) atoms. The maximum absolute atomic E-state index is 12.2. The van der Waals surface area contributed by atoms with Crippen molar-refractivity contribution >= 4 is 5.78 Å². The molecule has 0 saturated carbocycles. The van der Waals surface area contributed by atoms with Crippen LogP contribution in [0.5, 0.6) is 11.5 Å². The van der Waals surface area contributed by atoms with Crippen molar-refractivity contribution in [3.63, 3.8) is 0 Å². The van der Waals surface area contributed by atoms with Gasteiger partial charge in [-0.25, -0.2) is 0 Å². The number of ether oxygens (including phenoxy) is 2. The molecule has 0 N–H and O–H groups in total. The van der Waals surface area contributed by atoms with Crippen LogP contribution in [-0.4, -0.2) is 43.7 Å². The molecular formula is C19H28INO3. The molecule has 0 atom stereocenters. The van der Waals surface area contributed by atoms with Crippen LogP contribution in [0, 0.1) is 0 Å². The maximum atomic E-state index is 12.2. The van der Waals surface area contributed by atoms with Gasteiger partial charge in [0.1, 0.15) is 5.78 Å². The number of hydrogen-bond donors (Lipinski definition) is 0. The number of aryl methyl sites for hydroxylation is 1. The van der Waals surface area contributed by atoms with Crippen LogP contribution < -0.4 is 33.5 Å². The van der Waals surface area contributed by atoms with Crippen molar-refractivity contribution in [3.8, 4) is 11.5 Å². The second kappa shape index (κ2) is 9.04. The fraction of sp³-hybridized carbons (Fsp3) is 0.632. The van der Waals surface area contributed by atoms with Crippen LogP contribution in [0.3, 0.4) is 0 Å². The van der Waals surface area contributed by atoms with E-state index in [2.05, 4.69) is 13.1 Å². The van der Waals surface area contributed by atoms with Gasteiger partial charge in [0, 0.05) is 6.42 Å². The minimum absolute atomic E-state index is 0. The number of halogens is 1. The predicted octanol–water partition coefficient (Wildman–Crippen LogP) is 0.332. The van der Waals surface area contributed by atoms with Crippen molar-refractivity contribution in [1.29, 1.82) is 0 Å². The third-order valence-corrected chi connectivity index (χ3v) is 5.18. The smallest absolute Gasteiger partial charge is 0.231 e. The van der Waals surface area contributed by atoms with Crippen LogP contribution >= 0.6 is 0 Å². The third kappa shape index (κ3) is 5.34. The molecule has 3 rings (SSSR count). The van der Waals surface area contributed by atoms with Crippen molar-refractivity contribution in [2.45, 2.75) is 44.9 Å². The number of Topliss-reactive ketones (excluding diaryl/α,β-unsaturated/α-hetero) is 1. The molecular weight excluding hydrogens is 417 g/mol.